The average Bonchev–Trinajstić information content (AvgIpc) is 2.53. The minimum absolute atomic E-state index is 0.0715. The highest BCUT2D eigenvalue weighted by Crippen LogP contribution is 2.33. The molecular weight excluding hydrogens is 320 g/mol. The van der Waals surface area contributed by atoms with Crippen molar-refractivity contribution in [2.45, 2.75) is 19.9 Å². The van der Waals surface area contributed by atoms with Crippen molar-refractivity contribution in [1.29, 1.82) is 0 Å². The largest absolute Gasteiger partial charge is 0.493 e. The van der Waals surface area contributed by atoms with E-state index in [1.54, 1.807) is 13.8 Å². The van der Waals surface area contributed by atoms with Gasteiger partial charge in [-0.2, -0.15) is 5.10 Å². The number of carbonyl (C=O) groups excluding carboxylic acids is 2. The highest BCUT2D eigenvalue weighted by Gasteiger charge is 2.19. The van der Waals surface area contributed by atoms with Crippen LogP contribution in [0, 0.1) is 10.1 Å². The van der Waals surface area contributed by atoms with Gasteiger partial charge in [0.2, 0.25) is 0 Å². The molecule has 24 heavy (non-hydrogen) atoms. The van der Waals surface area contributed by atoms with Crippen LogP contribution in [0.25, 0.3) is 0 Å². The first-order chi connectivity index (χ1) is 11.3. The molecule has 1 aromatic rings. The molecule has 0 saturated carbocycles. The van der Waals surface area contributed by atoms with Crippen molar-refractivity contribution in [1.82, 2.24) is 10.7 Å². The fraction of sp³-hybridized carbons (Fsp3) is 0.357. The molecule has 0 aliphatic heterocycles. The standard InChI is InChI=1S/C14H18N4O6/c1-8(2)16-13(19)14(20)17-15-7-9-5-11(23-3)12(24-4)6-10(9)18(21)22/h5-8H,1-4H3,(H,16,19)(H,17,20)/b15-7-. The van der Waals surface area contributed by atoms with E-state index in [1.165, 1.54) is 26.4 Å². The van der Waals surface area contributed by atoms with Crippen LogP contribution in [0.3, 0.4) is 0 Å². The first-order valence-electron chi connectivity index (χ1n) is 6.84. The van der Waals surface area contributed by atoms with Crippen LogP contribution in [0.4, 0.5) is 5.69 Å². The van der Waals surface area contributed by atoms with E-state index in [0.717, 1.165) is 6.21 Å². The number of hydrazone groups is 1. The van der Waals surface area contributed by atoms with E-state index in [1.807, 2.05) is 5.43 Å². The van der Waals surface area contributed by atoms with Crippen molar-refractivity contribution in [2.75, 3.05) is 14.2 Å². The molecule has 0 aliphatic rings. The van der Waals surface area contributed by atoms with Crippen molar-refractivity contribution in [3.8, 4) is 11.5 Å². The Hall–Kier alpha value is -3.17. The van der Waals surface area contributed by atoms with Crippen LogP contribution in [-0.2, 0) is 9.59 Å². The number of benzene rings is 1. The summed E-state index contributed by atoms with van der Waals surface area (Å²) in [6.07, 6.45) is 1.04. The van der Waals surface area contributed by atoms with Gasteiger partial charge in [-0.1, -0.05) is 0 Å². The Morgan fingerprint density at radius 1 is 1.21 bits per heavy atom. The molecule has 0 aliphatic carbocycles. The normalized spacial score (nSPS) is 10.5. The van der Waals surface area contributed by atoms with Gasteiger partial charge in [0, 0.05) is 6.04 Å². The summed E-state index contributed by atoms with van der Waals surface area (Å²) in [5.74, 6) is -1.40. The van der Waals surface area contributed by atoms with Crippen LogP contribution in [0.1, 0.15) is 19.4 Å². The molecule has 130 valence electrons. The van der Waals surface area contributed by atoms with Gasteiger partial charge in [0.05, 0.1) is 37.0 Å². The van der Waals surface area contributed by atoms with E-state index < -0.39 is 16.7 Å². The van der Waals surface area contributed by atoms with Crippen LogP contribution < -0.4 is 20.2 Å². The molecule has 10 nitrogen and oxygen atoms in total. The summed E-state index contributed by atoms with van der Waals surface area (Å²) in [7, 11) is 2.73. The predicted octanol–water partition coefficient (Wildman–Crippen LogP) is 0.587. The van der Waals surface area contributed by atoms with Gasteiger partial charge in [-0.15, -0.1) is 0 Å². The van der Waals surface area contributed by atoms with Gasteiger partial charge in [-0.05, 0) is 19.9 Å². The summed E-state index contributed by atoms with van der Waals surface area (Å²) in [5, 5.41) is 17.1. The van der Waals surface area contributed by atoms with E-state index >= 15 is 0 Å². The maximum absolute atomic E-state index is 11.5. The lowest BCUT2D eigenvalue weighted by atomic mass is 10.1. The Morgan fingerprint density at radius 2 is 1.79 bits per heavy atom. The number of nitro groups is 1. The molecule has 1 rings (SSSR count). The van der Waals surface area contributed by atoms with Crippen molar-refractivity contribution in [3.05, 3.63) is 27.8 Å². The number of nitrogens with one attached hydrogen (secondary N) is 2. The SMILES string of the molecule is COc1cc(/C=N\NC(=O)C(=O)NC(C)C)c([N+](=O)[O-])cc1OC. The van der Waals surface area contributed by atoms with Crippen molar-refractivity contribution >= 4 is 23.7 Å². The molecule has 0 radical (unpaired) electrons. The van der Waals surface area contributed by atoms with E-state index in [2.05, 4.69) is 10.4 Å². The summed E-state index contributed by atoms with van der Waals surface area (Å²) in [6.45, 7) is 3.39. The quantitative estimate of drug-likeness (QED) is 0.337. The number of rotatable bonds is 6. The van der Waals surface area contributed by atoms with E-state index in [4.69, 9.17) is 9.47 Å². The fourth-order valence-corrected chi connectivity index (χ4v) is 1.68. The van der Waals surface area contributed by atoms with Gasteiger partial charge in [-0.3, -0.25) is 19.7 Å². The molecule has 2 N–H and O–H groups in total. The summed E-state index contributed by atoms with van der Waals surface area (Å²) in [5.41, 5.74) is 1.77. The molecule has 0 spiro atoms. The lowest BCUT2D eigenvalue weighted by Crippen LogP contribution is -2.41. The number of ether oxygens (including phenoxy) is 2. The van der Waals surface area contributed by atoms with E-state index in [-0.39, 0.29) is 28.8 Å². The highest BCUT2D eigenvalue weighted by molar-refractivity contribution is 6.35. The monoisotopic (exact) mass is 338 g/mol. The number of carbonyl (C=O) groups is 2. The molecule has 0 fully saturated rings. The van der Waals surface area contributed by atoms with Crippen molar-refractivity contribution < 1.29 is 24.0 Å². The number of hydrogen-bond donors (Lipinski definition) is 2. The Morgan fingerprint density at radius 3 is 2.29 bits per heavy atom. The number of nitro benzene ring substituents is 1. The van der Waals surface area contributed by atoms with Crippen LogP contribution in [0.2, 0.25) is 0 Å². The van der Waals surface area contributed by atoms with Crippen molar-refractivity contribution in [3.63, 3.8) is 0 Å². The molecule has 0 atom stereocenters. The second kappa shape index (κ2) is 8.46. The zero-order chi connectivity index (χ0) is 18.3. The van der Waals surface area contributed by atoms with Gasteiger partial charge < -0.3 is 14.8 Å². The van der Waals surface area contributed by atoms with Crippen LogP contribution in [-0.4, -0.2) is 43.2 Å². The van der Waals surface area contributed by atoms with Gasteiger partial charge >= 0.3 is 11.8 Å². The molecule has 0 saturated heterocycles. The number of hydrogen-bond acceptors (Lipinski definition) is 7. The third-order valence-electron chi connectivity index (χ3n) is 2.73. The van der Waals surface area contributed by atoms with Crippen LogP contribution in [0.15, 0.2) is 17.2 Å². The summed E-state index contributed by atoms with van der Waals surface area (Å²) >= 11 is 0. The minimum Gasteiger partial charge on any atom is -0.493 e. The van der Waals surface area contributed by atoms with Crippen LogP contribution >= 0.6 is 0 Å². The molecule has 1 aromatic carbocycles. The zero-order valence-electron chi connectivity index (χ0n) is 13.7. The molecule has 0 unspecified atom stereocenters. The summed E-state index contributed by atoms with van der Waals surface area (Å²) in [4.78, 5) is 33.4. The molecule has 0 heterocycles. The molecule has 10 heteroatoms. The topological polar surface area (TPSA) is 132 Å². The lowest BCUT2D eigenvalue weighted by molar-refractivity contribution is -0.385. The number of methoxy groups -OCH3 is 2. The first-order valence-corrected chi connectivity index (χ1v) is 6.84. The second-order valence-electron chi connectivity index (χ2n) is 4.85. The zero-order valence-corrected chi connectivity index (χ0v) is 13.7. The second-order valence-corrected chi connectivity index (χ2v) is 4.85. The maximum atomic E-state index is 11.5. The first kappa shape index (κ1) is 18.9. The Labute approximate surface area is 138 Å². The summed E-state index contributed by atoms with van der Waals surface area (Å²) in [6, 6.07) is 2.30. The fourth-order valence-electron chi connectivity index (χ4n) is 1.68. The lowest BCUT2D eigenvalue weighted by Gasteiger charge is -2.08. The van der Waals surface area contributed by atoms with Crippen LogP contribution in [0.5, 0.6) is 11.5 Å². The number of amides is 2. The third-order valence-corrected chi connectivity index (χ3v) is 2.73. The van der Waals surface area contributed by atoms with Gasteiger partial charge in [0.1, 0.15) is 0 Å². The van der Waals surface area contributed by atoms with Gasteiger partial charge in [-0.25, -0.2) is 5.43 Å². The molecule has 2 amide bonds. The average molecular weight is 338 g/mol. The van der Waals surface area contributed by atoms with Gasteiger partial charge in [0.15, 0.2) is 11.5 Å². The third kappa shape index (κ3) is 4.93. The predicted molar refractivity (Wildman–Crippen MR) is 85.2 cm³/mol. The van der Waals surface area contributed by atoms with E-state index in [0.29, 0.717) is 0 Å². The Bertz CT molecular complexity index is 671. The minimum atomic E-state index is -0.983. The molecule has 0 bridgehead atoms. The maximum Gasteiger partial charge on any atom is 0.329 e. The highest BCUT2D eigenvalue weighted by atomic mass is 16.6. The molecular formula is C14H18N4O6. The number of nitrogens with zero attached hydrogens (tertiary/aromatic N) is 2. The molecule has 0 aromatic heterocycles. The van der Waals surface area contributed by atoms with Crippen molar-refractivity contribution in [2.24, 2.45) is 5.10 Å². The smallest absolute Gasteiger partial charge is 0.329 e. The summed E-state index contributed by atoms with van der Waals surface area (Å²) < 4.78 is 10.1. The Balaban J connectivity index is 2.99. The Kier molecular flexibility index (Phi) is 6.65. The van der Waals surface area contributed by atoms with E-state index in [9.17, 15) is 19.7 Å². The van der Waals surface area contributed by atoms with Gasteiger partial charge in [0.25, 0.3) is 5.69 Å².